The molecule has 0 radical (unpaired) electrons. The molecule has 1 aromatic rings. The van der Waals surface area contributed by atoms with Gasteiger partial charge in [-0.25, -0.2) is 0 Å². The van der Waals surface area contributed by atoms with Gasteiger partial charge in [-0.2, -0.15) is 15.0 Å². The van der Waals surface area contributed by atoms with E-state index in [1.165, 1.54) is 12.8 Å². The van der Waals surface area contributed by atoms with E-state index in [2.05, 4.69) is 39.1 Å². The Morgan fingerprint density at radius 2 is 1.95 bits per heavy atom. The minimum absolute atomic E-state index is 0.240. The van der Waals surface area contributed by atoms with E-state index in [0.717, 1.165) is 12.6 Å². The number of nitrogens with one attached hydrogen (secondary N) is 1. The Balaban J connectivity index is 1.94. The fourth-order valence-corrected chi connectivity index (χ4v) is 1.88. The summed E-state index contributed by atoms with van der Waals surface area (Å²) in [7, 11) is 5.92. The average Bonchev–Trinajstić information content (AvgIpc) is 3.18. The Labute approximate surface area is 114 Å². The van der Waals surface area contributed by atoms with E-state index in [-0.39, 0.29) is 5.95 Å². The SMILES string of the molecule is CC(CNc1nc(N)nc(N(C)C)n1)N(C)C1CC1. The van der Waals surface area contributed by atoms with Crippen molar-refractivity contribution in [2.75, 3.05) is 43.6 Å². The number of anilines is 3. The number of hydrogen-bond donors (Lipinski definition) is 2. The molecule has 0 aliphatic heterocycles. The lowest BCUT2D eigenvalue weighted by Crippen LogP contribution is -2.36. The highest BCUT2D eigenvalue weighted by molar-refractivity contribution is 5.40. The predicted octanol–water partition coefficient (Wildman–Crippen LogP) is 0.414. The van der Waals surface area contributed by atoms with Gasteiger partial charge in [0.15, 0.2) is 0 Å². The topological polar surface area (TPSA) is 83.2 Å². The smallest absolute Gasteiger partial charge is 0.231 e. The molecular formula is C12H23N7. The lowest BCUT2D eigenvalue weighted by atomic mass is 10.3. The Hall–Kier alpha value is -1.63. The normalized spacial score (nSPS) is 16.5. The minimum Gasteiger partial charge on any atom is -0.368 e. The summed E-state index contributed by atoms with van der Waals surface area (Å²) in [5.74, 6) is 1.34. The molecule has 0 bridgehead atoms. The second kappa shape index (κ2) is 5.56. The number of nitrogens with two attached hydrogens (primary N) is 1. The molecule has 1 aromatic heterocycles. The van der Waals surface area contributed by atoms with Crippen LogP contribution in [0.2, 0.25) is 0 Å². The van der Waals surface area contributed by atoms with Gasteiger partial charge in [-0.1, -0.05) is 0 Å². The van der Waals surface area contributed by atoms with Gasteiger partial charge in [-0.3, -0.25) is 4.90 Å². The highest BCUT2D eigenvalue weighted by Gasteiger charge is 2.28. The van der Waals surface area contributed by atoms with E-state index in [1.807, 2.05) is 19.0 Å². The van der Waals surface area contributed by atoms with Gasteiger partial charge in [0.2, 0.25) is 17.8 Å². The van der Waals surface area contributed by atoms with Gasteiger partial charge < -0.3 is 16.0 Å². The van der Waals surface area contributed by atoms with Crippen molar-refractivity contribution in [3.8, 4) is 0 Å². The second-order valence-corrected chi connectivity index (χ2v) is 5.34. The molecular weight excluding hydrogens is 242 g/mol. The lowest BCUT2D eigenvalue weighted by molar-refractivity contribution is 0.257. The van der Waals surface area contributed by atoms with E-state index < -0.39 is 0 Å². The highest BCUT2D eigenvalue weighted by atomic mass is 15.3. The molecule has 19 heavy (non-hydrogen) atoms. The Bertz CT molecular complexity index is 430. The second-order valence-electron chi connectivity index (χ2n) is 5.34. The molecule has 3 N–H and O–H groups in total. The van der Waals surface area contributed by atoms with Crippen LogP contribution in [0.15, 0.2) is 0 Å². The van der Waals surface area contributed by atoms with Gasteiger partial charge >= 0.3 is 0 Å². The molecule has 0 amide bonds. The third kappa shape index (κ3) is 3.66. The average molecular weight is 265 g/mol. The molecule has 1 aliphatic rings. The zero-order chi connectivity index (χ0) is 14.0. The molecule has 1 saturated carbocycles. The van der Waals surface area contributed by atoms with Crippen LogP contribution in [0.3, 0.4) is 0 Å². The maximum absolute atomic E-state index is 5.68. The van der Waals surface area contributed by atoms with Crippen LogP contribution in [0, 0.1) is 0 Å². The van der Waals surface area contributed by atoms with Crippen molar-refractivity contribution in [3.63, 3.8) is 0 Å². The summed E-state index contributed by atoms with van der Waals surface area (Å²) < 4.78 is 0. The minimum atomic E-state index is 0.240. The van der Waals surface area contributed by atoms with E-state index in [1.54, 1.807) is 0 Å². The number of nitrogens with zero attached hydrogens (tertiary/aromatic N) is 5. The summed E-state index contributed by atoms with van der Waals surface area (Å²) in [6.45, 7) is 2.99. The molecule has 7 nitrogen and oxygen atoms in total. The Morgan fingerprint density at radius 1 is 1.26 bits per heavy atom. The van der Waals surface area contributed by atoms with Crippen molar-refractivity contribution in [1.82, 2.24) is 19.9 Å². The number of likely N-dealkylation sites (N-methyl/N-ethyl adjacent to an activating group) is 1. The summed E-state index contributed by atoms with van der Waals surface area (Å²) in [5.41, 5.74) is 5.68. The molecule has 2 rings (SSSR count). The van der Waals surface area contributed by atoms with Crippen LogP contribution in [-0.2, 0) is 0 Å². The molecule has 0 saturated heterocycles. The summed E-state index contributed by atoms with van der Waals surface area (Å²) in [4.78, 5) is 16.7. The van der Waals surface area contributed by atoms with Gasteiger partial charge in [0.1, 0.15) is 0 Å². The van der Waals surface area contributed by atoms with Gasteiger partial charge in [-0.05, 0) is 26.8 Å². The Kier molecular flexibility index (Phi) is 4.04. The first kappa shape index (κ1) is 13.8. The molecule has 1 heterocycles. The molecule has 1 atom stereocenters. The fourth-order valence-electron chi connectivity index (χ4n) is 1.88. The van der Waals surface area contributed by atoms with Crippen molar-refractivity contribution in [3.05, 3.63) is 0 Å². The van der Waals surface area contributed by atoms with Crippen LogP contribution in [0.1, 0.15) is 19.8 Å². The van der Waals surface area contributed by atoms with Crippen LogP contribution in [-0.4, -0.2) is 59.6 Å². The molecule has 106 valence electrons. The van der Waals surface area contributed by atoms with E-state index >= 15 is 0 Å². The molecule has 0 aromatic carbocycles. The van der Waals surface area contributed by atoms with Crippen LogP contribution < -0.4 is 16.0 Å². The van der Waals surface area contributed by atoms with Crippen LogP contribution in [0.4, 0.5) is 17.8 Å². The molecule has 0 spiro atoms. The standard InChI is InChI=1S/C12H23N7/c1-8(19(4)9-5-6-9)7-14-11-15-10(13)16-12(17-11)18(2)3/h8-9H,5-7H2,1-4H3,(H3,13,14,15,16,17). The summed E-state index contributed by atoms with van der Waals surface area (Å²) in [6.07, 6.45) is 2.62. The third-order valence-corrected chi connectivity index (χ3v) is 3.41. The monoisotopic (exact) mass is 265 g/mol. The highest BCUT2D eigenvalue weighted by Crippen LogP contribution is 2.26. The Morgan fingerprint density at radius 3 is 2.53 bits per heavy atom. The van der Waals surface area contributed by atoms with E-state index in [0.29, 0.717) is 17.9 Å². The first-order chi connectivity index (χ1) is 8.97. The maximum Gasteiger partial charge on any atom is 0.231 e. The number of nitrogen functional groups attached to an aromatic ring is 1. The van der Waals surface area contributed by atoms with Crippen LogP contribution in [0.25, 0.3) is 0 Å². The summed E-state index contributed by atoms with van der Waals surface area (Å²) in [5, 5.41) is 3.23. The zero-order valence-corrected chi connectivity index (χ0v) is 12.1. The molecule has 7 heteroatoms. The predicted molar refractivity (Wildman–Crippen MR) is 77.3 cm³/mol. The first-order valence-electron chi connectivity index (χ1n) is 6.62. The maximum atomic E-state index is 5.68. The quantitative estimate of drug-likeness (QED) is 0.771. The van der Waals surface area contributed by atoms with Crippen LogP contribution in [0.5, 0.6) is 0 Å². The largest absolute Gasteiger partial charge is 0.368 e. The van der Waals surface area contributed by atoms with Crippen molar-refractivity contribution in [1.29, 1.82) is 0 Å². The lowest BCUT2D eigenvalue weighted by Gasteiger charge is -2.24. The van der Waals surface area contributed by atoms with Gasteiger partial charge in [-0.15, -0.1) is 0 Å². The molecule has 1 fully saturated rings. The molecule has 1 unspecified atom stereocenters. The van der Waals surface area contributed by atoms with Crippen molar-refractivity contribution < 1.29 is 0 Å². The molecule has 1 aliphatic carbocycles. The van der Waals surface area contributed by atoms with E-state index in [9.17, 15) is 0 Å². The van der Waals surface area contributed by atoms with Crippen molar-refractivity contribution in [2.45, 2.75) is 31.8 Å². The third-order valence-electron chi connectivity index (χ3n) is 3.41. The summed E-state index contributed by atoms with van der Waals surface area (Å²) >= 11 is 0. The number of hydrogen-bond acceptors (Lipinski definition) is 7. The van der Waals surface area contributed by atoms with E-state index in [4.69, 9.17) is 5.73 Å². The number of aromatic nitrogens is 3. The van der Waals surface area contributed by atoms with Crippen molar-refractivity contribution >= 4 is 17.8 Å². The van der Waals surface area contributed by atoms with Crippen molar-refractivity contribution in [2.24, 2.45) is 0 Å². The zero-order valence-electron chi connectivity index (χ0n) is 12.1. The van der Waals surface area contributed by atoms with Crippen LogP contribution >= 0.6 is 0 Å². The first-order valence-corrected chi connectivity index (χ1v) is 6.62. The fraction of sp³-hybridized carbons (Fsp3) is 0.750. The van der Waals surface area contributed by atoms with Gasteiger partial charge in [0.05, 0.1) is 0 Å². The van der Waals surface area contributed by atoms with Gasteiger partial charge in [0.25, 0.3) is 0 Å². The summed E-state index contributed by atoms with van der Waals surface area (Å²) in [6, 6.07) is 1.19. The number of rotatable bonds is 6. The van der Waals surface area contributed by atoms with Gasteiger partial charge in [0, 0.05) is 32.7 Å².